The van der Waals surface area contributed by atoms with Crippen LogP contribution in [0.4, 0.5) is 0 Å². The maximum absolute atomic E-state index is 4.22. The van der Waals surface area contributed by atoms with Crippen LogP contribution in [0.5, 0.6) is 0 Å². The van der Waals surface area contributed by atoms with E-state index in [0.717, 1.165) is 11.6 Å². The second-order valence-corrected chi connectivity index (χ2v) is 3.34. The van der Waals surface area contributed by atoms with Gasteiger partial charge in [-0.05, 0) is 30.4 Å². The third kappa shape index (κ3) is 0.779. The molecule has 0 N–H and O–H groups in total. The van der Waals surface area contributed by atoms with Gasteiger partial charge in [-0.3, -0.25) is 0 Å². The summed E-state index contributed by atoms with van der Waals surface area (Å²) in [6, 6.07) is 4.25. The minimum absolute atomic E-state index is 0.768. The average molecular weight is 157 g/mol. The van der Waals surface area contributed by atoms with Gasteiger partial charge in [0, 0.05) is 12.4 Å². The molecule has 1 radical (unpaired) electrons. The van der Waals surface area contributed by atoms with E-state index in [2.05, 4.69) is 23.3 Å². The molecule has 2 nitrogen and oxygen atoms in total. The lowest BCUT2D eigenvalue weighted by Gasteiger charge is -1.99. The zero-order valence-electron chi connectivity index (χ0n) is 6.70. The Balaban J connectivity index is 2.32. The molecule has 0 spiro atoms. The summed E-state index contributed by atoms with van der Waals surface area (Å²) in [4.78, 5) is 4.22. The Kier molecular flexibility index (Phi) is 1.09. The summed E-state index contributed by atoms with van der Waals surface area (Å²) in [6.45, 7) is 0. The maximum Gasteiger partial charge on any atom is 0.141 e. The lowest BCUT2D eigenvalue weighted by Crippen LogP contribution is -1.88. The van der Waals surface area contributed by atoms with Crippen molar-refractivity contribution >= 4 is 5.65 Å². The van der Waals surface area contributed by atoms with E-state index < -0.39 is 0 Å². The number of hydrogen-bond acceptors (Lipinski definition) is 1. The van der Waals surface area contributed by atoms with Gasteiger partial charge in [-0.15, -0.1) is 0 Å². The van der Waals surface area contributed by atoms with E-state index >= 15 is 0 Å². The van der Waals surface area contributed by atoms with Crippen molar-refractivity contribution in [3.8, 4) is 0 Å². The maximum atomic E-state index is 4.22. The second kappa shape index (κ2) is 2.09. The first-order valence-corrected chi connectivity index (χ1v) is 4.29. The van der Waals surface area contributed by atoms with Gasteiger partial charge < -0.3 is 4.40 Å². The van der Waals surface area contributed by atoms with Gasteiger partial charge in [0.1, 0.15) is 11.8 Å². The highest BCUT2D eigenvalue weighted by molar-refractivity contribution is 5.50. The molecule has 12 heavy (non-hydrogen) atoms. The third-order valence-electron chi connectivity index (χ3n) is 2.41. The molecule has 0 unspecified atom stereocenters. The highest BCUT2D eigenvalue weighted by Gasteiger charge is 2.25. The highest BCUT2D eigenvalue weighted by atomic mass is 15.0. The molecule has 3 rings (SSSR count). The fraction of sp³-hybridized carbons (Fsp3) is 0.300. The van der Waals surface area contributed by atoms with E-state index in [0.29, 0.717) is 0 Å². The molecule has 0 aliphatic heterocycles. The summed E-state index contributed by atoms with van der Waals surface area (Å²) in [5.74, 6) is 0.768. The predicted molar refractivity (Wildman–Crippen MR) is 46.0 cm³/mol. The number of imidazole rings is 1. The van der Waals surface area contributed by atoms with E-state index in [1.54, 1.807) is 0 Å². The summed E-state index contributed by atoms with van der Waals surface area (Å²) < 4.78 is 2.04. The lowest BCUT2D eigenvalue weighted by molar-refractivity contribution is 1.08. The van der Waals surface area contributed by atoms with Crippen LogP contribution in [0, 0.1) is 6.20 Å². The van der Waals surface area contributed by atoms with Gasteiger partial charge >= 0.3 is 0 Å². The molecule has 1 aliphatic rings. The van der Waals surface area contributed by atoms with Crippen LogP contribution in [0.15, 0.2) is 24.5 Å². The predicted octanol–water partition coefficient (Wildman–Crippen LogP) is 2.01. The summed E-state index contributed by atoms with van der Waals surface area (Å²) in [7, 11) is 0. The summed E-state index contributed by atoms with van der Waals surface area (Å²) in [6.07, 6.45) is 9.42. The minimum atomic E-state index is 0.768. The Labute approximate surface area is 70.9 Å². The van der Waals surface area contributed by atoms with Crippen LogP contribution >= 0.6 is 0 Å². The zero-order chi connectivity index (χ0) is 7.97. The number of pyridine rings is 1. The number of fused-ring (bicyclic) bond motifs is 1. The van der Waals surface area contributed by atoms with Crippen molar-refractivity contribution in [1.29, 1.82) is 0 Å². The van der Waals surface area contributed by atoms with Crippen LogP contribution < -0.4 is 0 Å². The molecule has 2 aromatic heterocycles. The Hall–Kier alpha value is -1.31. The van der Waals surface area contributed by atoms with Crippen molar-refractivity contribution in [1.82, 2.24) is 9.38 Å². The molecular weight excluding hydrogens is 148 g/mol. The van der Waals surface area contributed by atoms with Crippen LogP contribution in [0.1, 0.15) is 24.3 Å². The van der Waals surface area contributed by atoms with Gasteiger partial charge in [0.15, 0.2) is 0 Å². The van der Waals surface area contributed by atoms with Crippen LogP contribution in [0.25, 0.3) is 5.65 Å². The highest BCUT2D eigenvalue weighted by Crippen LogP contribution is 2.41. The molecule has 2 aromatic rings. The fourth-order valence-electron chi connectivity index (χ4n) is 1.63. The molecule has 0 saturated heterocycles. The molecule has 2 heteroatoms. The van der Waals surface area contributed by atoms with Gasteiger partial charge in [-0.25, -0.2) is 4.98 Å². The number of aromatic nitrogens is 2. The first kappa shape index (κ1) is 6.23. The van der Waals surface area contributed by atoms with E-state index in [9.17, 15) is 0 Å². The first-order valence-electron chi connectivity index (χ1n) is 4.29. The van der Waals surface area contributed by atoms with E-state index in [-0.39, 0.29) is 0 Å². The topological polar surface area (TPSA) is 17.3 Å². The van der Waals surface area contributed by atoms with Crippen molar-refractivity contribution in [3.05, 3.63) is 36.3 Å². The molecule has 0 bridgehead atoms. The smallest absolute Gasteiger partial charge is 0.141 e. The quantitative estimate of drug-likeness (QED) is 0.619. The Bertz CT molecular complexity index is 412. The lowest BCUT2D eigenvalue weighted by atomic mass is 10.2. The normalized spacial score (nSPS) is 17.0. The molecule has 1 fully saturated rings. The van der Waals surface area contributed by atoms with E-state index in [1.165, 1.54) is 18.4 Å². The van der Waals surface area contributed by atoms with Crippen LogP contribution in [0.3, 0.4) is 0 Å². The molecule has 2 heterocycles. The zero-order valence-corrected chi connectivity index (χ0v) is 6.70. The molecule has 1 saturated carbocycles. The Morgan fingerprint density at radius 2 is 2.42 bits per heavy atom. The fourth-order valence-corrected chi connectivity index (χ4v) is 1.63. The minimum Gasteiger partial charge on any atom is -0.306 e. The van der Waals surface area contributed by atoms with Gasteiger partial charge in [0.05, 0.1) is 0 Å². The van der Waals surface area contributed by atoms with E-state index in [1.807, 2.05) is 16.8 Å². The van der Waals surface area contributed by atoms with Crippen molar-refractivity contribution in [3.63, 3.8) is 0 Å². The van der Waals surface area contributed by atoms with E-state index in [4.69, 9.17) is 0 Å². The second-order valence-electron chi connectivity index (χ2n) is 3.34. The monoisotopic (exact) mass is 157 g/mol. The van der Waals surface area contributed by atoms with Crippen molar-refractivity contribution in [2.75, 3.05) is 0 Å². The van der Waals surface area contributed by atoms with Gasteiger partial charge in [0.2, 0.25) is 0 Å². The van der Waals surface area contributed by atoms with Crippen molar-refractivity contribution in [2.24, 2.45) is 0 Å². The van der Waals surface area contributed by atoms with Gasteiger partial charge in [-0.2, -0.15) is 0 Å². The van der Waals surface area contributed by atoms with Crippen LogP contribution in [0.2, 0.25) is 0 Å². The molecule has 0 aromatic carbocycles. The summed E-state index contributed by atoms with van der Waals surface area (Å²) in [5, 5.41) is 0. The number of rotatable bonds is 1. The van der Waals surface area contributed by atoms with Crippen LogP contribution in [-0.4, -0.2) is 9.38 Å². The number of hydrogen-bond donors (Lipinski definition) is 0. The van der Waals surface area contributed by atoms with Gasteiger partial charge in [0.25, 0.3) is 0 Å². The molecule has 0 amide bonds. The molecule has 59 valence electrons. The Morgan fingerprint density at radius 3 is 3.25 bits per heavy atom. The summed E-state index contributed by atoms with van der Waals surface area (Å²) >= 11 is 0. The summed E-state index contributed by atoms with van der Waals surface area (Å²) in [5.41, 5.74) is 2.47. The van der Waals surface area contributed by atoms with Crippen LogP contribution in [-0.2, 0) is 0 Å². The van der Waals surface area contributed by atoms with Gasteiger partial charge in [-0.1, -0.05) is 6.07 Å². The number of nitrogens with zero attached hydrogens (tertiary/aromatic N) is 2. The molecular formula is C10H9N2. The average Bonchev–Trinajstić information content (AvgIpc) is 2.82. The first-order chi connectivity index (χ1) is 5.95. The SMILES string of the molecule is [c]1cn2cccc(C3CC3)c2n1. The largest absolute Gasteiger partial charge is 0.306 e. The third-order valence-corrected chi connectivity index (χ3v) is 2.41. The van der Waals surface area contributed by atoms with Crippen molar-refractivity contribution < 1.29 is 0 Å². The molecule has 1 aliphatic carbocycles. The standard InChI is InChI=1S/C10H9N2/c1-2-9(8-3-4-8)10-11-5-7-12(10)6-1/h1-2,6-8H,3-4H2. The van der Waals surface area contributed by atoms with Crippen molar-refractivity contribution in [2.45, 2.75) is 18.8 Å². The molecule has 0 atom stereocenters. The Morgan fingerprint density at radius 1 is 1.50 bits per heavy atom.